The zero-order valence-electron chi connectivity index (χ0n) is 11.5. The molecule has 1 N–H and O–H groups in total. The minimum atomic E-state index is -0.973. The van der Waals surface area contributed by atoms with Gasteiger partial charge in [-0.1, -0.05) is 6.92 Å². The van der Waals surface area contributed by atoms with Crippen molar-refractivity contribution in [1.29, 1.82) is 0 Å². The van der Waals surface area contributed by atoms with Crippen molar-refractivity contribution in [2.24, 2.45) is 5.92 Å². The predicted molar refractivity (Wildman–Crippen MR) is 71.0 cm³/mol. The van der Waals surface area contributed by atoms with Crippen LogP contribution < -0.4 is 0 Å². The van der Waals surface area contributed by atoms with Crippen LogP contribution in [0.5, 0.6) is 0 Å². The highest BCUT2D eigenvalue weighted by Gasteiger charge is 2.21. The van der Waals surface area contributed by atoms with Crippen molar-refractivity contribution in [2.75, 3.05) is 26.8 Å². The quantitative estimate of drug-likeness (QED) is 0.826. The molecule has 0 saturated carbocycles. The third-order valence-electron chi connectivity index (χ3n) is 2.86. The molecule has 5 nitrogen and oxygen atoms in total. The van der Waals surface area contributed by atoms with Gasteiger partial charge in [0.15, 0.2) is 0 Å². The maximum atomic E-state index is 12.8. The molecule has 0 aliphatic rings. The summed E-state index contributed by atoms with van der Waals surface area (Å²) in [5.74, 6) is -2.42. The largest absolute Gasteiger partial charge is 0.481 e. The maximum Gasteiger partial charge on any atom is 0.308 e. The number of hydrogen-bond donors (Lipinski definition) is 1. The average molecular weight is 283 g/mol. The average Bonchev–Trinajstić information content (AvgIpc) is 2.43. The first-order valence-electron chi connectivity index (χ1n) is 6.22. The molecule has 0 radical (unpaired) electrons. The number of benzene rings is 1. The van der Waals surface area contributed by atoms with E-state index in [4.69, 9.17) is 9.84 Å². The molecule has 0 aliphatic carbocycles. The SMILES string of the molecule is COCCN(CC(C)C(=O)O)C(=O)c1ccc(F)cc1. The summed E-state index contributed by atoms with van der Waals surface area (Å²) in [6, 6.07) is 5.15. The van der Waals surface area contributed by atoms with Crippen LogP contribution in [0.3, 0.4) is 0 Å². The number of carbonyl (C=O) groups is 2. The molecule has 1 aromatic carbocycles. The molecule has 0 heterocycles. The Kier molecular flexibility index (Phi) is 6.11. The van der Waals surface area contributed by atoms with Crippen molar-refractivity contribution in [3.05, 3.63) is 35.6 Å². The molecule has 0 spiro atoms. The van der Waals surface area contributed by atoms with E-state index in [-0.39, 0.29) is 19.0 Å². The molecular formula is C14H18FNO4. The monoisotopic (exact) mass is 283 g/mol. The normalized spacial score (nSPS) is 11.9. The number of amides is 1. The summed E-state index contributed by atoms with van der Waals surface area (Å²) in [5, 5.41) is 8.93. The zero-order valence-corrected chi connectivity index (χ0v) is 11.5. The van der Waals surface area contributed by atoms with E-state index in [1.165, 1.54) is 43.2 Å². The topological polar surface area (TPSA) is 66.8 Å². The molecule has 0 aromatic heterocycles. The fourth-order valence-corrected chi connectivity index (χ4v) is 1.66. The van der Waals surface area contributed by atoms with Crippen LogP contribution in [-0.2, 0) is 9.53 Å². The lowest BCUT2D eigenvalue weighted by Gasteiger charge is -2.24. The Labute approximate surface area is 117 Å². The first-order valence-corrected chi connectivity index (χ1v) is 6.22. The van der Waals surface area contributed by atoms with Crippen LogP contribution in [0.1, 0.15) is 17.3 Å². The highest BCUT2D eigenvalue weighted by Crippen LogP contribution is 2.09. The predicted octanol–water partition coefficient (Wildman–Crippen LogP) is 1.63. The standard InChI is InChI=1S/C14H18FNO4/c1-10(14(18)19)9-16(7-8-20-2)13(17)11-3-5-12(15)6-4-11/h3-6,10H,7-9H2,1-2H3,(H,18,19). The number of carbonyl (C=O) groups excluding carboxylic acids is 1. The Morgan fingerprint density at radius 1 is 1.35 bits per heavy atom. The number of methoxy groups -OCH3 is 1. The minimum Gasteiger partial charge on any atom is -0.481 e. The van der Waals surface area contributed by atoms with Crippen molar-refractivity contribution in [3.63, 3.8) is 0 Å². The van der Waals surface area contributed by atoms with Gasteiger partial charge < -0.3 is 14.7 Å². The number of rotatable bonds is 7. The molecule has 0 saturated heterocycles. The maximum absolute atomic E-state index is 12.8. The van der Waals surface area contributed by atoms with Crippen LogP contribution in [0.15, 0.2) is 24.3 Å². The molecule has 1 atom stereocenters. The van der Waals surface area contributed by atoms with Crippen LogP contribution in [-0.4, -0.2) is 48.7 Å². The van der Waals surface area contributed by atoms with Gasteiger partial charge in [0.1, 0.15) is 5.82 Å². The molecule has 1 rings (SSSR count). The molecule has 0 fully saturated rings. The Morgan fingerprint density at radius 3 is 2.45 bits per heavy atom. The van der Waals surface area contributed by atoms with Crippen molar-refractivity contribution in [1.82, 2.24) is 4.90 Å². The van der Waals surface area contributed by atoms with E-state index in [9.17, 15) is 14.0 Å². The molecule has 1 unspecified atom stereocenters. The van der Waals surface area contributed by atoms with E-state index in [0.29, 0.717) is 12.2 Å². The number of aliphatic carboxylic acids is 1. The molecule has 0 aliphatic heterocycles. The number of carboxylic acid groups (broad SMARTS) is 1. The smallest absolute Gasteiger partial charge is 0.308 e. The van der Waals surface area contributed by atoms with Crippen molar-refractivity contribution in [3.8, 4) is 0 Å². The second kappa shape index (κ2) is 7.59. The number of ether oxygens (including phenoxy) is 1. The van der Waals surface area contributed by atoms with Gasteiger partial charge in [0.2, 0.25) is 0 Å². The van der Waals surface area contributed by atoms with Gasteiger partial charge in [-0.3, -0.25) is 9.59 Å². The summed E-state index contributed by atoms with van der Waals surface area (Å²) < 4.78 is 17.8. The Balaban J connectivity index is 2.83. The van der Waals surface area contributed by atoms with Crippen LogP contribution in [0.2, 0.25) is 0 Å². The van der Waals surface area contributed by atoms with Crippen LogP contribution in [0.4, 0.5) is 4.39 Å². The van der Waals surface area contributed by atoms with Crippen LogP contribution in [0, 0.1) is 11.7 Å². The van der Waals surface area contributed by atoms with Gasteiger partial charge in [-0.05, 0) is 24.3 Å². The van der Waals surface area contributed by atoms with E-state index in [2.05, 4.69) is 0 Å². The second-order valence-corrected chi connectivity index (χ2v) is 4.49. The second-order valence-electron chi connectivity index (χ2n) is 4.49. The van der Waals surface area contributed by atoms with Gasteiger partial charge in [-0.15, -0.1) is 0 Å². The summed E-state index contributed by atoms with van der Waals surface area (Å²) in [6.45, 7) is 2.19. The van der Waals surface area contributed by atoms with E-state index in [0.717, 1.165) is 0 Å². The molecule has 1 amide bonds. The van der Waals surface area contributed by atoms with E-state index >= 15 is 0 Å². The lowest BCUT2D eigenvalue weighted by molar-refractivity contribution is -0.141. The third-order valence-corrected chi connectivity index (χ3v) is 2.86. The Bertz CT molecular complexity index is 461. The molecule has 1 aromatic rings. The van der Waals surface area contributed by atoms with E-state index in [1.54, 1.807) is 0 Å². The minimum absolute atomic E-state index is 0.0783. The number of halogens is 1. The van der Waals surface area contributed by atoms with Gasteiger partial charge in [0, 0.05) is 25.8 Å². The molecular weight excluding hydrogens is 265 g/mol. The first-order chi connectivity index (χ1) is 9.45. The Hall–Kier alpha value is -1.95. The summed E-state index contributed by atoms with van der Waals surface area (Å²) in [6.07, 6.45) is 0. The fourth-order valence-electron chi connectivity index (χ4n) is 1.66. The van der Waals surface area contributed by atoms with Gasteiger partial charge >= 0.3 is 5.97 Å². The zero-order chi connectivity index (χ0) is 15.1. The molecule has 6 heteroatoms. The van der Waals surface area contributed by atoms with Crippen molar-refractivity contribution < 1.29 is 23.8 Å². The number of nitrogens with zero attached hydrogens (tertiary/aromatic N) is 1. The van der Waals surface area contributed by atoms with Crippen molar-refractivity contribution in [2.45, 2.75) is 6.92 Å². The molecule has 20 heavy (non-hydrogen) atoms. The van der Waals surface area contributed by atoms with Crippen LogP contribution >= 0.6 is 0 Å². The summed E-state index contributed by atoms with van der Waals surface area (Å²) in [4.78, 5) is 24.6. The number of carboxylic acids is 1. The van der Waals surface area contributed by atoms with Gasteiger partial charge in [0.05, 0.1) is 12.5 Å². The lowest BCUT2D eigenvalue weighted by Crippen LogP contribution is -2.39. The third kappa shape index (κ3) is 4.62. The molecule has 110 valence electrons. The van der Waals surface area contributed by atoms with Crippen molar-refractivity contribution >= 4 is 11.9 Å². The summed E-state index contributed by atoms with van der Waals surface area (Å²) in [5.41, 5.74) is 0.320. The summed E-state index contributed by atoms with van der Waals surface area (Å²) >= 11 is 0. The fraction of sp³-hybridized carbons (Fsp3) is 0.429. The summed E-state index contributed by atoms with van der Waals surface area (Å²) in [7, 11) is 1.50. The van der Waals surface area contributed by atoms with E-state index < -0.39 is 17.7 Å². The van der Waals surface area contributed by atoms with Crippen LogP contribution in [0.25, 0.3) is 0 Å². The van der Waals surface area contributed by atoms with Gasteiger partial charge in [-0.2, -0.15) is 0 Å². The molecule has 0 bridgehead atoms. The Morgan fingerprint density at radius 2 is 1.95 bits per heavy atom. The lowest BCUT2D eigenvalue weighted by atomic mass is 10.1. The first kappa shape index (κ1) is 16.1. The van der Waals surface area contributed by atoms with Gasteiger partial charge in [0.25, 0.3) is 5.91 Å². The van der Waals surface area contributed by atoms with E-state index in [1.807, 2.05) is 0 Å². The number of hydrogen-bond acceptors (Lipinski definition) is 3. The highest BCUT2D eigenvalue weighted by molar-refractivity contribution is 5.94. The van der Waals surface area contributed by atoms with Gasteiger partial charge in [-0.25, -0.2) is 4.39 Å². The highest BCUT2D eigenvalue weighted by atomic mass is 19.1.